The molecule has 1 fully saturated rings. The quantitative estimate of drug-likeness (QED) is 0.237. The Kier molecular flexibility index (Phi) is 10.5. The predicted molar refractivity (Wildman–Crippen MR) is 154 cm³/mol. The van der Waals surface area contributed by atoms with Gasteiger partial charge >= 0.3 is 12.5 Å². The second-order valence-electron chi connectivity index (χ2n) is 10.7. The molecule has 0 saturated carbocycles. The molecule has 0 unspecified atom stereocenters. The fourth-order valence-corrected chi connectivity index (χ4v) is 6.22. The fraction of sp³-hybridized carbons (Fsp3) is 0.387. The van der Waals surface area contributed by atoms with Crippen molar-refractivity contribution >= 4 is 21.4 Å². The molecule has 0 aromatic heterocycles. The van der Waals surface area contributed by atoms with Gasteiger partial charge in [0.05, 0.1) is 34.9 Å². The molecule has 244 valence electrons. The zero-order chi connectivity index (χ0) is 33.0. The highest BCUT2D eigenvalue weighted by atomic mass is 32.2. The number of alkyl halides is 6. The largest absolute Gasteiger partial charge is 0.522 e. The number of aliphatic hydroxyl groups is 1. The summed E-state index contributed by atoms with van der Waals surface area (Å²) in [4.78, 5) is 14.9. The number of ether oxygens (including phenoxy) is 1. The number of aliphatic hydroxyl groups excluding tert-OH is 1. The smallest absolute Gasteiger partial charge is 0.396 e. The van der Waals surface area contributed by atoms with Crippen LogP contribution < -0.4 is 10.2 Å². The van der Waals surface area contributed by atoms with Crippen molar-refractivity contribution in [2.24, 2.45) is 0 Å². The van der Waals surface area contributed by atoms with Crippen LogP contribution >= 0.6 is 0 Å². The van der Waals surface area contributed by atoms with Gasteiger partial charge in [0.15, 0.2) is 9.84 Å². The van der Waals surface area contributed by atoms with Crippen LogP contribution in [-0.2, 0) is 20.8 Å². The predicted octanol–water partition coefficient (Wildman–Crippen LogP) is 6.25. The molecule has 45 heavy (non-hydrogen) atoms. The molecule has 0 aliphatic carbocycles. The van der Waals surface area contributed by atoms with E-state index in [1.807, 2.05) is 0 Å². The summed E-state index contributed by atoms with van der Waals surface area (Å²) in [7, 11) is -3.42. The second-order valence-corrected chi connectivity index (χ2v) is 13.0. The number of amides is 1. The average molecular weight is 659 g/mol. The van der Waals surface area contributed by atoms with Crippen LogP contribution in [0.5, 0.6) is 0 Å². The highest BCUT2D eigenvalue weighted by molar-refractivity contribution is 7.91. The van der Waals surface area contributed by atoms with Crippen molar-refractivity contribution < 1.29 is 49.4 Å². The average Bonchev–Trinajstić information content (AvgIpc) is 3.43. The summed E-state index contributed by atoms with van der Waals surface area (Å²) in [6.07, 6.45) is -9.03. The van der Waals surface area contributed by atoms with Crippen molar-refractivity contribution in [2.75, 3.05) is 30.4 Å². The maximum Gasteiger partial charge on any atom is 0.522 e. The first kappa shape index (κ1) is 34.3. The van der Waals surface area contributed by atoms with E-state index in [4.69, 9.17) is 0 Å². The highest BCUT2D eigenvalue weighted by Crippen LogP contribution is 2.38. The van der Waals surface area contributed by atoms with Gasteiger partial charge < -0.3 is 15.3 Å². The first-order valence-corrected chi connectivity index (χ1v) is 15.8. The van der Waals surface area contributed by atoms with E-state index in [2.05, 4.69) is 10.1 Å². The Labute approximate surface area is 256 Å². The standard InChI is InChI=1S/C31H32F6N2O5S/c1-2-45(42,43)27-13-7-21(8-14-27)28(15-16-40)38-29(41)22-5-11-25(12-6-22)39-18-23(17-26(39)19-44-31(35,36)37)20-3-9-24(10-4-20)30(32,33)34/h3-14,23,26,28,40H,2,15-19H2,1H3,(H,38,41)/t23-,26+,28+/m1/s1. The van der Waals surface area contributed by atoms with Crippen molar-refractivity contribution in [3.63, 3.8) is 0 Å². The van der Waals surface area contributed by atoms with E-state index in [1.54, 1.807) is 29.2 Å². The summed E-state index contributed by atoms with van der Waals surface area (Å²) in [6, 6.07) is 15.3. The Hall–Kier alpha value is -3.62. The monoisotopic (exact) mass is 658 g/mol. The SMILES string of the molecule is CCS(=O)(=O)c1ccc([C@H](CCO)NC(=O)c2ccc(N3C[C@H](c4ccc(C(F)(F)F)cc4)C[C@H]3COC(F)(F)F)cc2)cc1. The van der Waals surface area contributed by atoms with E-state index in [9.17, 15) is 44.7 Å². The molecule has 1 heterocycles. The number of hydrogen-bond donors (Lipinski definition) is 2. The van der Waals surface area contributed by atoms with Crippen LogP contribution in [0.4, 0.5) is 32.0 Å². The number of carbonyl (C=O) groups is 1. The second kappa shape index (κ2) is 13.8. The topological polar surface area (TPSA) is 95.9 Å². The number of anilines is 1. The van der Waals surface area contributed by atoms with E-state index in [1.165, 1.54) is 43.3 Å². The summed E-state index contributed by atoms with van der Waals surface area (Å²) in [5.74, 6) is -0.927. The lowest BCUT2D eigenvalue weighted by atomic mass is 9.95. The van der Waals surface area contributed by atoms with Gasteiger partial charge in [-0.1, -0.05) is 31.2 Å². The minimum Gasteiger partial charge on any atom is -0.396 e. The highest BCUT2D eigenvalue weighted by Gasteiger charge is 2.38. The molecular weight excluding hydrogens is 626 g/mol. The molecule has 3 atom stereocenters. The molecule has 3 aromatic rings. The zero-order valence-electron chi connectivity index (χ0n) is 24.1. The number of rotatable bonds is 11. The summed E-state index contributed by atoms with van der Waals surface area (Å²) in [6.45, 7) is 0.797. The lowest BCUT2D eigenvalue weighted by molar-refractivity contribution is -0.325. The van der Waals surface area contributed by atoms with Crippen molar-refractivity contribution in [3.8, 4) is 0 Å². The molecule has 1 saturated heterocycles. The van der Waals surface area contributed by atoms with Gasteiger partial charge in [0.25, 0.3) is 5.91 Å². The third-order valence-corrected chi connectivity index (χ3v) is 9.52. The van der Waals surface area contributed by atoms with Crippen LogP contribution in [0.1, 0.15) is 58.8 Å². The number of carbonyl (C=O) groups excluding carboxylic acids is 1. The van der Waals surface area contributed by atoms with E-state index in [-0.39, 0.29) is 48.1 Å². The van der Waals surface area contributed by atoms with Crippen LogP contribution in [-0.4, -0.2) is 57.3 Å². The molecule has 7 nitrogen and oxygen atoms in total. The summed E-state index contributed by atoms with van der Waals surface area (Å²) >= 11 is 0. The Morgan fingerprint density at radius 2 is 1.60 bits per heavy atom. The van der Waals surface area contributed by atoms with Crippen LogP contribution in [0.15, 0.2) is 77.7 Å². The van der Waals surface area contributed by atoms with Gasteiger partial charge in [0.2, 0.25) is 0 Å². The number of nitrogens with one attached hydrogen (secondary N) is 1. The van der Waals surface area contributed by atoms with Gasteiger partial charge in [-0.2, -0.15) is 13.2 Å². The van der Waals surface area contributed by atoms with E-state index in [0.717, 1.165) is 12.1 Å². The van der Waals surface area contributed by atoms with E-state index in [0.29, 0.717) is 16.8 Å². The Morgan fingerprint density at radius 1 is 0.978 bits per heavy atom. The van der Waals surface area contributed by atoms with Gasteiger partial charge in [-0.15, -0.1) is 13.2 Å². The third kappa shape index (κ3) is 8.76. The van der Waals surface area contributed by atoms with Crippen LogP contribution in [0.2, 0.25) is 0 Å². The van der Waals surface area contributed by atoms with Crippen LogP contribution in [0.25, 0.3) is 0 Å². The normalized spacial score (nSPS) is 18.2. The Balaban J connectivity index is 1.50. The van der Waals surface area contributed by atoms with Crippen molar-refractivity contribution in [2.45, 2.75) is 55.2 Å². The third-order valence-electron chi connectivity index (χ3n) is 7.77. The molecule has 0 spiro atoms. The van der Waals surface area contributed by atoms with E-state index >= 15 is 0 Å². The molecule has 1 amide bonds. The molecule has 0 bridgehead atoms. The fourth-order valence-electron chi connectivity index (χ4n) is 5.34. The summed E-state index contributed by atoms with van der Waals surface area (Å²) in [5.41, 5.74) is 1.04. The molecule has 1 aliphatic heterocycles. The van der Waals surface area contributed by atoms with E-state index < -0.39 is 52.5 Å². The van der Waals surface area contributed by atoms with Crippen LogP contribution in [0.3, 0.4) is 0 Å². The lowest BCUT2D eigenvalue weighted by Crippen LogP contribution is -2.35. The number of sulfone groups is 1. The van der Waals surface area contributed by atoms with Gasteiger partial charge in [-0.3, -0.25) is 9.53 Å². The number of benzene rings is 3. The summed E-state index contributed by atoms with van der Waals surface area (Å²) in [5, 5.41) is 12.4. The minimum absolute atomic E-state index is 0.0671. The Bertz CT molecular complexity index is 1540. The lowest BCUT2D eigenvalue weighted by Gasteiger charge is -2.27. The van der Waals surface area contributed by atoms with Crippen molar-refractivity contribution in [1.29, 1.82) is 0 Å². The number of nitrogens with zero attached hydrogens (tertiary/aromatic N) is 1. The Morgan fingerprint density at radius 3 is 2.13 bits per heavy atom. The van der Waals surface area contributed by atoms with Gasteiger partial charge in [-0.05, 0) is 72.5 Å². The number of halogens is 6. The van der Waals surface area contributed by atoms with Gasteiger partial charge in [0.1, 0.15) is 0 Å². The van der Waals surface area contributed by atoms with Gasteiger partial charge in [-0.25, -0.2) is 8.42 Å². The van der Waals surface area contributed by atoms with Gasteiger partial charge in [0, 0.05) is 30.3 Å². The maximum atomic E-state index is 13.1. The first-order chi connectivity index (χ1) is 21.1. The number of hydrogen-bond acceptors (Lipinski definition) is 6. The molecule has 2 N–H and O–H groups in total. The molecule has 14 heteroatoms. The maximum absolute atomic E-state index is 13.1. The van der Waals surface area contributed by atoms with Crippen LogP contribution in [0, 0.1) is 0 Å². The first-order valence-electron chi connectivity index (χ1n) is 14.1. The summed E-state index contributed by atoms with van der Waals surface area (Å²) < 4.78 is 106. The minimum atomic E-state index is -4.87. The van der Waals surface area contributed by atoms with Crippen molar-refractivity contribution in [1.82, 2.24) is 5.32 Å². The zero-order valence-corrected chi connectivity index (χ0v) is 24.9. The molecule has 4 rings (SSSR count). The molecule has 0 radical (unpaired) electrons. The van der Waals surface area contributed by atoms with Crippen molar-refractivity contribution in [3.05, 3.63) is 95.1 Å². The molecular formula is C31H32F6N2O5S. The molecule has 3 aromatic carbocycles. The molecule has 1 aliphatic rings.